The molecule has 0 aromatic heterocycles. The van der Waals surface area contributed by atoms with Gasteiger partial charge in [0.05, 0.1) is 10.7 Å². The van der Waals surface area contributed by atoms with Gasteiger partial charge in [-0.15, -0.1) is 0 Å². The Morgan fingerprint density at radius 1 is 1.19 bits per heavy atom. The highest BCUT2D eigenvalue weighted by molar-refractivity contribution is 9.10. The lowest BCUT2D eigenvalue weighted by Gasteiger charge is -2.22. The Morgan fingerprint density at radius 2 is 1.95 bits per heavy atom. The summed E-state index contributed by atoms with van der Waals surface area (Å²) < 4.78 is 1.12. The van der Waals surface area contributed by atoms with Gasteiger partial charge in [0.1, 0.15) is 0 Å². The third-order valence-corrected chi connectivity index (χ3v) is 4.44. The average molecular weight is 368 g/mol. The predicted octanol–water partition coefficient (Wildman–Crippen LogP) is 4.85. The highest BCUT2D eigenvalue weighted by Crippen LogP contribution is 2.28. The van der Waals surface area contributed by atoms with Crippen molar-refractivity contribution in [2.24, 2.45) is 0 Å². The van der Waals surface area contributed by atoms with Gasteiger partial charge in [-0.1, -0.05) is 58.7 Å². The third kappa shape index (κ3) is 4.47. The molecule has 0 fully saturated rings. The molecule has 0 amide bonds. The summed E-state index contributed by atoms with van der Waals surface area (Å²) in [5.41, 5.74) is 3.50. The van der Waals surface area contributed by atoms with Gasteiger partial charge in [0.25, 0.3) is 0 Å². The van der Waals surface area contributed by atoms with Crippen LogP contribution in [-0.4, -0.2) is 13.6 Å². The van der Waals surface area contributed by atoms with Crippen LogP contribution in [0.4, 0.5) is 5.69 Å². The van der Waals surface area contributed by atoms with Gasteiger partial charge in [-0.2, -0.15) is 0 Å². The van der Waals surface area contributed by atoms with E-state index in [1.54, 1.807) is 0 Å². The number of anilines is 1. The van der Waals surface area contributed by atoms with Crippen LogP contribution in [-0.2, 0) is 13.1 Å². The van der Waals surface area contributed by atoms with E-state index in [0.29, 0.717) is 0 Å². The first-order valence-electron chi connectivity index (χ1n) is 7.05. The van der Waals surface area contributed by atoms with E-state index in [-0.39, 0.29) is 0 Å². The van der Waals surface area contributed by atoms with Crippen LogP contribution in [0.1, 0.15) is 18.1 Å². The number of halogens is 2. The number of rotatable bonds is 6. The molecule has 21 heavy (non-hydrogen) atoms. The van der Waals surface area contributed by atoms with Crippen LogP contribution in [0.2, 0.25) is 5.02 Å². The van der Waals surface area contributed by atoms with Crippen LogP contribution < -0.4 is 10.2 Å². The van der Waals surface area contributed by atoms with Crippen molar-refractivity contribution in [1.82, 2.24) is 5.32 Å². The zero-order valence-electron chi connectivity index (χ0n) is 12.4. The van der Waals surface area contributed by atoms with E-state index in [0.717, 1.165) is 34.8 Å². The molecule has 1 N–H and O–H groups in total. The third-order valence-electron chi connectivity index (χ3n) is 3.37. The molecule has 0 bridgehead atoms. The van der Waals surface area contributed by atoms with Crippen molar-refractivity contribution in [3.63, 3.8) is 0 Å². The molecule has 0 saturated heterocycles. The minimum Gasteiger partial charge on any atom is -0.369 e. The lowest BCUT2D eigenvalue weighted by Crippen LogP contribution is -2.17. The molecule has 0 heterocycles. The van der Waals surface area contributed by atoms with Crippen molar-refractivity contribution in [2.75, 3.05) is 18.5 Å². The molecule has 0 spiro atoms. The van der Waals surface area contributed by atoms with Crippen molar-refractivity contribution >= 4 is 33.2 Å². The van der Waals surface area contributed by atoms with E-state index < -0.39 is 0 Å². The quantitative estimate of drug-likeness (QED) is 0.785. The van der Waals surface area contributed by atoms with Crippen LogP contribution in [0.3, 0.4) is 0 Å². The molecule has 0 aliphatic heterocycles. The van der Waals surface area contributed by atoms with Crippen molar-refractivity contribution in [2.45, 2.75) is 20.0 Å². The summed E-state index contributed by atoms with van der Waals surface area (Å²) in [6.07, 6.45) is 0. The summed E-state index contributed by atoms with van der Waals surface area (Å²) >= 11 is 10.0. The molecule has 0 aliphatic rings. The van der Waals surface area contributed by atoms with Crippen LogP contribution in [0.5, 0.6) is 0 Å². The molecule has 0 saturated carbocycles. The molecule has 0 atom stereocenters. The fraction of sp³-hybridized carbons (Fsp3) is 0.294. The van der Waals surface area contributed by atoms with Crippen LogP contribution in [0.25, 0.3) is 0 Å². The van der Waals surface area contributed by atoms with Gasteiger partial charge < -0.3 is 10.2 Å². The number of nitrogens with zero attached hydrogens (tertiary/aromatic N) is 1. The first-order valence-corrected chi connectivity index (χ1v) is 8.22. The molecule has 2 rings (SSSR count). The van der Waals surface area contributed by atoms with Gasteiger partial charge in [0.2, 0.25) is 0 Å². The summed E-state index contributed by atoms with van der Waals surface area (Å²) in [7, 11) is 2.06. The van der Waals surface area contributed by atoms with E-state index >= 15 is 0 Å². The Balaban J connectivity index is 2.12. The number of hydrogen-bond donors (Lipinski definition) is 1. The average Bonchev–Trinajstić information content (AvgIpc) is 2.47. The van der Waals surface area contributed by atoms with Crippen molar-refractivity contribution in [3.05, 3.63) is 63.1 Å². The second-order valence-corrected chi connectivity index (χ2v) is 6.28. The van der Waals surface area contributed by atoms with E-state index in [2.05, 4.69) is 70.4 Å². The number of benzene rings is 2. The van der Waals surface area contributed by atoms with Crippen molar-refractivity contribution in [3.8, 4) is 0 Å². The van der Waals surface area contributed by atoms with E-state index in [1.165, 1.54) is 11.1 Å². The molecule has 2 nitrogen and oxygen atoms in total. The van der Waals surface area contributed by atoms with Crippen LogP contribution in [0.15, 0.2) is 46.9 Å². The summed E-state index contributed by atoms with van der Waals surface area (Å²) in [4.78, 5) is 2.17. The van der Waals surface area contributed by atoms with Gasteiger partial charge in [0, 0.05) is 24.6 Å². The Labute approximate surface area is 140 Å². The lowest BCUT2D eigenvalue weighted by atomic mass is 10.1. The SMILES string of the molecule is CCNCc1ccc(N(C)Cc2ccccc2Br)c(Cl)c1. The topological polar surface area (TPSA) is 15.3 Å². The molecular formula is C17H20BrClN2. The van der Waals surface area contributed by atoms with Crippen LogP contribution in [0, 0.1) is 0 Å². The number of nitrogens with one attached hydrogen (secondary N) is 1. The fourth-order valence-electron chi connectivity index (χ4n) is 2.21. The smallest absolute Gasteiger partial charge is 0.0642 e. The minimum absolute atomic E-state index is 0.792. The maximum absolute atomic E-state index is 6.43. The zero-order chi connectivity index (χ0) is 15.2. The lowest BCUT2D eigenvalue weighted by molar-refractivity contribution is 0.727. The fourth-order valence-corrected chi connectivity index (χ4v) is 2.96. The molecule has 112 valence electrons. The van der Waals surface area contributed by atoms with Gasteiger partial charge in [-0.05, 0) is 35.9 Å². The standard InChI is InChI=1S/C17H20BrClN2/c1-3-20-11-13-8-9-17(16(19)10-13)21(2)12-14-6-4-5-7-15(14)18/h4-10,20H,3,11-12H2,1-2H3. The summed E-state index contributed by atoms with van der Waals surface area (Å²) in [6.45, 7) is 4.72. The maximum Gasteiger partial charge on any atom is 0.0642 e. The van der Waals surface area contributed by atoms with Gasteiger partial charge in [-0.25, -0.2) is 0 Å². The summed E-state index contributed by atoms with van der Waals surface area (Å²) in [5, 5.41) is 4.10. The van der Waals surface area contributed by atoms with E-state index in [9.17, 15) is 0 Å². The monoisotopic (exact) mass is 366 g/mol. The molecule has 0 radical (unpaired) electrons. The first-order chi connectivity index (χ1) is 10.1. The van der Waals surface area contributed by atoms with Crippen molar-refractivity contribution < 1.29 is 0 Å². The zero-order valence-corrected chi connectivity index (χ0v) is 14.7. The summed E-state index contributed by atoms with van der Waals surface area (Å²) in [6, 6.07) is 14.5. The Kier molecular flexibility index (Phi) is 6.09. The summed E-state index contributed by atoms with van der Waals surface area (Å²) in [5.74, 6) is 0. The van der Waals surface area contributed by atoms with Gasteiger partial charge in [0.15, 0.2) is 0 Å². The molecule has 4 heteroatoms. The predicted molar refractivity (Wildman–Crippen MR) is 95.1 cm³/mol. The van der Waals surface area contributed by atoms with E-state index in [4.69, 9.17) is 11.6 Å². The molecule has 0 aliphatic carbocycles. The van der Waals surface area contributed by atoms with Crippen molar-refractivity contribution in [1.29, 1.82) is 0 Å². The molecule has 2 aromatic rings. The normalized spacial score (nSPS) is 10.7. The molecule has 2 aromatic carbocycles. The second-order valence-electron chi connectivity index (χ2n) is 5.01. The second kappa shape index (κ2) is 7.83. The van der Waals surface area contributed by atoms with Gasteiger partial charge in [-0.3, -0.25) is 0 Å². The van der Waals surface area contributed by atoms with E-state index in [1.807, 2.05) is 12.1 Å². The maximum atomic E-state index is 6.43. The first kappa shape index (κ1) is 16.3. The Morgan fingerprint density at radius 3 is 2.62 bits per heavy atom. The number of hydrogen-bond acceptors (Lipinski definition) is 2. The minimum atomic E-state index is 0.792. The largest absolute Gasteiger partial charge is 0.369 e. The Hall–Kier alpha value is -1.03. The molecule has 0 unspecified atom stereocenters. The molecular weight excluding hydrogens is 348 g/mol. The van der Waals surface area contributed by atoms with Gasteiger partial charge >= 0.3 is 0 Å². The highest BCUT2D eigenvalue weighted by Gasteiger charge is 2.09. The Bertz CT molecular complexity index is 601. The highest BCUT2D eigenvalue weighted by atomic mass is 79.9. The van der Waals surface area contributed by atoms with Crippen LogP contribution >= 0.6 is 27.5 Å².